The van der Waals surface area contributed by atoms with E-state index in [0.29, 0.717) is 19.0 Å². The zero-order valence-electron chi connectivity index (χ0n) is 12.3. The summed E-state index contributed by atoms with van der Waals surface area (Å²) in [6.45, 7) is 4.62. The first-order valence-electron chi connectivity index (χ1n) is 7.46. The van der Waals surface area contributed by atoms with Crippen LogP contribution in [-0.4, -0.2) is 37.2 Å². The highest BCUT2D eigenvalue weighted by Gasteiger charge is 2.18. The van der Waals surface area contributed by atoms with Gasteiger partial charge in [0.2, 0.25) is 0 Å². The minimum absolute atomic E-state index is 0.0377. The lowest BCUT2D eigenvalue weighted by Crippen LogP contribution is -2.32. The molecule has 1 aromatic heterocycles. The summed E-state index contributed by atoms with van der Waals surface area (Å²) >= 11 is 0. The van der Waals surface area contributed by atoms with Crippen LogP contribution in [0.2, 0.25) is 0 Å². The van der Waals surface area contributed by atoms with Crippen LogP contribution < -0.4 is 10.6 Å². The summed E-state index contributed by atoms with van der Waals surface area (Å²) in [6.07, 6.45) is 4.18. The van der Waals surface area contributed by atoms with Gasteiger partial charge in [-0.25, -0.2) is 9.37 Å². The third-order valence-corrected chi connectivity index (χ3v) is 3.57. The van der Waals surface area contributed by atoms with Crippen molar-refractivity contribution >= 4 is 11.7 Å². The Balaban J connectivity index is 1.94. The normalized spacial score (nSPS) is 15.7. The molecule has 0 spiro atoms. The molecule has 0 radical (unpaired) electrons. The molecule has 116 valence electrons. The molecule has 21 heavy (non-hydrogen) atoms. The van der Waals surface area contributed by atoms with Crippen molar-refractivity contribution in [2.24, 2.45) is 5.92 Å². The number of aromatic nitrogens is 1. The lowest BCUT2D eigenvalue weighted by atomic mass is 10.0. The van der Waals surface area contributed by atoms with Gasteiger partial charge in [-0.2, -0.15) is 0 Å². The van der Waals surface area contributed by atoms with E-state index in [9.17, 15) is 9.18 Å². The molecule has 0 unspecified atom stereocenters. The molecule has 1 aliphatic heterocycles. The van der Waals surface area contributed by atoms with Crippen molar-refractivity contribution in [1.29, 1.82) is 0 Å². The van der Waals surface area contributed by atoms with E-state index < -0.39 is 5.82 Å². The Morgan fingerprint density at radius 3 is 2.95 bits per heavy atom. The second-order valence-corrected chi connectivity index (χ2v) is 5.21. The van der Waals surface area contributed by atoms with Crippen LogP contribution in [0.15, 0.2) is 12.3 Å². The van der Waals surface area contributed by atoms with Gasteiger partial charge < -0.3 is 15.4 Å². The smallest absolute Gasteiger partial charge is 0.254 e. The monoisotopic (exact) mass is 295 g/mol. The number of rotatable bonds is 6. The van der Waals surface area contributed by atoms with Crippen LogP contribution in [0.25, 0.3) is 0 Å². The molecule has 2 rings (SSSR count). The van der Waals surface area contributed by atoms with E-state index in [4.69, 9.17) is 4.74 Å². The van der Waals surface area contributed by atoms with Crippen molar-refractivity contribution in [2.75, 3.05) is 31.6 Å². The molecule has 0 bridgehead atoms. The van der Waals surface area contributed by atoms with Gasteiger partial charge >= 0.3 is 0 Å². The van der Waals surface area contributed by atoms with Gasteiger partial charge in [-0.15, -0.1) is 0 Å². The van der Waals surface area contributed by atoms with Gasteiger partial charge in [0.25, 0.3) is 5.91 Å². The van der Waals surface area contributed by atoms with Crippen LogP contribution in [0.3, 0.4) is 0 Å². The van der Waals surface area contributed by atoms with Gasteiger partial charge in [0.1, 0.15) is 0 Å². The molecular formula is C15H22FN3O2. The summed E-state index contributed by atoms with van der Waals surface area (Å²) < 4.78 is 19.5. The third kappa shape index (κ3) is 4.39. The first kappa shape index (κ1) is 15.7. The molecule has 0 saturated carbocycles. The van der Waals surface area contributed by atoms with E-state index in [-0.39, 0.29) is 17.3 Å². The minimum atomic E-state index is -0.588. The zero-order valence-corrected chi connectivity index (χ0v) is 12.3. The maximum absolute atomic E-state index is 14.2. The Kier molecular flexibility index (Phi) is 5.92. The van der Waals surface area contributed by atoms with Crippen LogP contribution in [0.4, 0.5) is 10.2 Å². The fraction of sp³-hybridized carbons (Fsp3) is 0.600. The van der Waals surface area contributed by atoms with Gasteiger partial charge in [-0.05, 0) is 31.2 Å². The summed E-state index contributed by atoms with van der Waals surface area (Å²) in [7, 11) is 0. The first-order valence-corrected chi connectivity index (χ1v) is 7.46. The summed E-state index contributed by atoms with van der Waals surface area (Å²) in [6, 6.07) is 1.41. The van der Waals surface area contributed by atoms with E-state index >= 15 is 0 Å². The molecular weight excluding hydrogens is 273 g/mol. The van der Waals surface area contributed by atoms with Gasteiger partial charge in [0, 0.05) is 32.5 Å². The number of amides is 1. The Hall–Kier alpha value is -1.69. The highest BCUT2D eigenvalue weighted by atomic mass is 19.1. The number of carbonyl (C=O) groups is 1. The Morgan fingerprint density at radius 2 is 2.24 bits per heavy atom. The maximum atomic E-state index is 14.2. The Bertz CT molecular complexity index is 476. The van der Waals surface area contributed by atoms with E-state index in [1.807, 2.05) is 6.92 Å². The minimum Gasteiger partial charge on any atom is -0.381 e. The molecule has 1 aromatic rings. The predicted molar refractivity (Wildman–Crippen MR) is 78.9 cm³/mol. The maximum Gasteiger partial charge on any atom is 0.254 e. The van der Waals surface area contributed by atoms with Crippen molar-refractivity contribution in [3.63, 3.8) is 0 Å². The molecule has 1 amide bonds. The van der Waals surface area contributed by atoms with E-state index in [1.54, 1.807) is 0 Å². The molecule has 5 nitrogen and oxygen atoms in total. The molecule has 0 atom stereocenters. The van der Waals surface area contributed by atoms with Crippen LogP contribution in [0.5, 0.6) is 0 Å². The number of ether oxygens (including phenoxy) is 1. The van der Waals surface area contributed by atoms with E-state index in [1.165, 1.54) is 12.3 Å². The fourth-order valence-corrected chi connectivity index (χ4v) is 2.27. The molecule has 1 saturated heterocycles. The van der Waals surface area contributed by atoms with Crippen LogP contribution in [0, 0.1) is 11.7 Å². The lowest BCUT2D eigenvalue weighted by molar-refractivity contribution is 0.0642. The van der Waals surface area contributed by atoms with Crippen molar-refractivity contribution in [2.45, 2.75) is 26.2 Å². The van der Waals surface area contributed by atoms with E-state index in [2.05, 4.69) is 15.6 Å². The van der Waals surface area contributed by atoms with Crippen molar-refractivity contribution in [1.82, 2.24) is 10.3 Å². The lowest BCUT2D eigenvalue weighted by Gasteiger charge is -2.22. The van der Waals surface area contributed by atoms with Gasteiger partial charge in [0.05, 0.1) is 5.56 Å². The summed E-state index contributed by atoms with van der Waals surface area (Å²) in [4.78, 5) is 16.0. The molecule has 0 aromatic carbocycles. The van der Waals surface area contributed by atoms with Crippen LogP contribution in [0.1, 0.15) is 36.5 Å². The van der Waals surface area contributed by atoms with Crippen LogP contribution >= 0.6 is 0 Å². The average Bonchev–Trinajstić information content (AvgIpc) is 2.52. The third-order valence-electron chi connectivity index (χ3n) is 3.57. The number of carbonyl (C=O) groups excluding carboxylic acids is 1. The highest BCUT2D eigenvalue weighted by Crippen LogP contribution is 2.16. The predicted octanol–water partition coefficient (Wildman–Crippen LogP) is 2.20. The summed E-state index contributed by atoms with van der Waals surface area (Å²) in [5.74, 6) is -0.433. The quantitative estimate of drug-likeness (QED) is 0.844. The standard InChI is InChI=1S/C15H22FN3O2/c1-2-6-17-14-13(16)12(3-7-18-14)15(20)19-10-11-4-8-21-9-5-11/h3,7,11H,2,4-6,8-10H2,1H3,(H,17,18)(H,19,20). The highest BCUT2D eigenvalue weighted by molar-refractivity contribution is 5.95. The molecule has 1 fully saturated rings. The average molecular weight is 295 g/mol. The Morgan fingerprint density at radius 1 is 1.48 bits per heavy atom. The van der Waals surface area contributed by atoms with Gasteiger partial charge in [0.15, 0.2) is 11.6 Å². The van der Waals surface area contributed by atoms with E-state index in [0.717, 1.165) is 32.5 Å². The largest absolute Gasteiger partial charge is 0.381 e. The number of hydrogen-bond acceptors (Lipinski definition) is 4. The molecule has 2 heterocycles. The molecule has 1 aliphatic rings. The summed E-state index contributed by atoms with van der Waals surface area (Å²) in [5.41, 5.74) is 0.0377. The second-order valence-electron chi connectivity index (χ2n) is 5.21. The molecule has 0 aliphatic carbocycles. The number of halogens is 1. The van der Waals surface area contributed by atoms with Crippen molar-refractivity contribution in [3.05, 3.63) is 23.6 Å². The topological polar surface area (TPSA) is 63.2 Å². The van der Waals surface area contributed by atoms with Gasteiger partial charge in [-0.1, -0.05) is 6.92 Å². The van der Waals surface area contributed by atoms with Crippen molar-refractivity contribution in [3.8, 4) is 0 Å². The number of pyridine rings is 1. The SMILES string of the molecule is CCCNc1nccc(C(=O)NCC2CCOCC2)c1F. The second kappa shape index (κ2) is 7.93. The number of hydrogen-bond donors (Lipinski definition) is 2. The summed E-state index contributed by atoms with van der Waals surface area (Å²) in [5, 5.41) is 5.68. The van der Waals surface area contributed by atoms with Crippen LogP contribution in [-0.2, 0) is 4.74 Å². The zero-order chi connectivity index (χ0) is 15.1. The fourth-order valence-electron chi connectivity index (χ4n) is 2.27. The molecule has 2 N–H and O–H groups in total. The first-order chi connectivity index (χ1) is 10.2. The number of anilines is 1. The van der Waals surface area contributed by atoms with Gasteiger partial charge in [-0.3, -0.25) is 4.79 Å². The number of nitrogens with zero attached hydrogens (tertiary/aromatic N) is 1. The van der Waals surface area contributed by atoms with Crippen molar-refractivity contribution < 1.29 is 13.9 Å². The molecule has 6 heteroatoms. The Labute approximate surface area is 124 Å². The number of nitrogens with one attached hydrogen (secondary N) is 2.